The highest BCUT2D eigenvalue weighted by Crippen LogP contribution is 2.08. The molecule has 0 amide bonds. The Morgan fingerprint density at radius 3 is 2.60 bits per heavy atom. The predicted molar refractivity (Wildman–Crippen MR) is 56.2 cm³/mol. The van der Waals surface area contributed by atoms with Gasteiger partial charge in [-0.05, 0) is 25.4 Å². The fourth-order valence-corrected chi connectivity index (χ4v) is 1.12. The number of halogens is 1. The van der Waals surface area contributed by atoms with Crippen molar-refractivity contribution in [3.05, 3.63) is 29.6 Å². The van der Waals surface area contributed by atoms with E-state index in [0.29, 0.717) is 5.56 Å². The van der Waals surface area contributed by atoms with Gasteiger partial charge in [-0.3, -0.25) is 0 Å². The fraction of sp³-hybridized carbons (Fsp3) is 0.400. The summed E-state index contributed by atoms with van der Waals surface area (Å²) < 4.78 is 18.5. The van der Waals surface area contributed by atoms with E-state index in [-0.39, 0.29) is 18.2 Å². The molecule has 0 saturated carbocycles. The van der Waals surface area contributed by atoms with Crippen molar-refractivity contribution in [3.63, 3.8) is 0 Å². The first-order valence-corrected chi connectivity index (χ1v) is 4.76. The van der Waals surface area contributed by atoms with Gasteiger partial charge >= 0.3 is 7.12 Å². The van der Waals surface area contributed by atoms with Crippen LogP contribution in [0.15, 0.2) is 18.2 Å². The van der Waals surface area contributed by atoms with Crippen molar-refractivity contribution in [2.24, 2.45) is 0 Å². The predicted octanol–water partition coefficient (Wildman–Crippen LogP) is 0.430. The van der Waals surface area contributed by atoms with E-state index >= 15 is 0 Å². The zero-order chi connectivity index (χ0) is 11.4. The summed E-state index contributed by atoms with van der Waals surface area (Å²) in [7, 11) is -1.58. The minimum absolute atomic E-state index is 0.00658. The molecule has 0 spiro atoms. The summed E-state index contributed by atoms with van der Waals surface area (Å²) in [5, 5.41) is 17.8. The Bertz CT molecular complexity index is 328. The van der Waals surface area contributed by atoms with Gasteiger partial charge < -0.3 is 14.8 Å². The molecule has 1 rings (SSSR count). The quantitative estimate of drug-likeness (QED) is 0.711. The molecule has 0 heterocycles. The van der Waals surface area contributed by atoms with Crippen LogP contribution >= 0.6 is 0 Å². The van der Waals surface area contributed by atoms with Gasteiger partial charge in [-0.2, -0.15) is 0 Å². The van der Waals surface area contributed by atoms with Crippen LogP contribution in [0.3, 0.4) is 0 Å². The lowest BCUT2D eigenvalue weighted by Crippen LogP contribution is -2.30. The molecule has 0 aromatic heterocycles. The van der Waals surface area contributed by atoms with Gasteiger partial charge in [-0.1, -0.05) is 12.1 Å². The summed E-state index contributed by atoms with van der Waals surface area (Å²) in [4.78, 5) is 0. The summed E-state index contributed by atoms with van der Waals surface area (Å²) in [5.74, 6) is -0.403. The van der Waals surface area contributed by atoms with E-state index in [0.717, 1.165) is 0 Å². The SMILES string of the molecule is CC(C)OCc1cc(B(O)O)ccc1F. The topological polar surface area (TPSA) is 49.7 Å². The number of hydrogen-bond donors (Lipinski definition) is 2. The smallest absolute Gasteiger partial charge is 0.423 e. The van der Waals surface area contributed by atoms with Crippen molar-refractivity contribution in [1.29, 1.82) is 0 Å². The summed E-state index contributed by atoms with van der Waals surface area (Å²) in [5.41, 5.74) is 0.591. The first kappa shape index (κ1) is 12.2. The molecule has 0 fully saturated rings. The van der Waals surface area contributed by atoms with Gasteiger partial charge in [0.1, 0.15) is 5.82 Å². The first-order chi connectivity index (χ1) is 7.00. The lowest BCUT2D eigenvalue weighted by Gasteiger charge is -2.09. The summed E-state index contributed by atoms with van der Waals surface area (Å²) in [6, 6.07) is 3.93. The van der Waals surface area contributed by atoms with Gasteiger partial charge in [0.25, 0.3) is 0 Å². The molecule has 5 heteroatoms. The van der Waals surface area contributed by atoms with E-state index in [1.807, 2.05) is 13.8 Å². The molecule has 82 valence electrons. The molecule has 15 heavy (non-hydrogen) atoms. The minimum Gasteiger partial charge on any atom is -0.423 e. The van der Waals surface area contributed by atoms with Crippen molar-refractivity contribution in [3.8, 4) is 0 Å². The number of hydrogen-bond acceptors (Lipinski definition) is 3. The van der Waals surface area contributed by atoms with Crippen LogP contribution in [0.25, 0.3) is 0 Å². The van der Waals surface area contributed by atoms with E-state index in [9.17, 15) is 4.39 Å². The zero-order valence-corrected chi connectivity index (χ0v) is 8.77. The largest absolute Gasteiger partial charge is 0.488 e. The Balaban J connectivity index is 2.81. The first-order valence-electron chi connectivity index (χ1n) is 4.76. The molecular formula is C10H14BFO3. The maximum Gasteiger partial charge on any atom is 0.488 e. The lowest BCUT2D eigenvalue weighted by molar-refractivity contribution is 0.0639. The Labute approximate surface area is 88.7 Å². The molecular weight excluding hydrogens is 198 g/mol. The lowest BCUT2D eigenvalue weighted by atomic mass is 9.79. The highest BCUT2D eigenvalue weighted by molar-refractivity contribution is 6.58. The molecule has 0 bridgehead atoms. The van der Waals surface area contributed by atoms with E-state index in [1.54, 1.807) is 0 Å². The van der Waals surface area contributed by atoms with Crippen LogP contribution in [0.1, 0.15) is 19.4 Å². The van der Waals surface area contributed by atoms with Gasteiger partial charge in [0.05, 0.1) is 12.7 Å². The molecule has 0 unspecified atom stereocenters. The number of ether oxygens (including phenoxy) is 1. The van der Waals surface area contributed by atoms with E-state index in [1.165, 1.54) is 18.2 Å². The third-order valence-electron chi connectivity index (χ3n) is 1.94. The molecule has 0 aliphatic carbocycles. The van der Waals surface area contributed by atoms with Crippen LogP contribution < -0.4 is 5.46 Å². The highest BCUT2D eigenvalue weighted by Gasteiger charge is 2.13. The van der Waals surface area contributed by atoms with Crippen LogP contribution in [0.4, 0.5) is 4.39 Å². The Morgan fingerprint density at radius 2 is 2.07 bits per heavy atom. The van der Waals surface area contributed by atoms with Crippen molar-refractivity contribution in [2.75, 3.05) is 0 Å². The average molecular weight is 212 g/mol. The number of rotatable bonds is 4. The Hall–Kier alpha value is -0.905. The third kappa shape index (κ3) is 3.62. The van der Waals surface area contributed by atoms with Gasteiger partial charge in [0.2, 0.25) is 0 Å². The molecule has 2 N–H and O–H groups in total. The van der Waals surface area contributed by atoms with Crippen molar-refractivity contribution >= 4 is 12.6 Å². The normalized spacial score (nSPS) is 10.8. The molecule has 0 aliphatic heterocycles. The Kier molecular flexibility index (Phi) is 4.26. The van der Waals surface area contributed by atoms with E-state index in [2.05, 4.69) is 0 Å². The van der Waals surface area contributed by atoms with Gasteiger partial charge in [0, 0.05) is 5.56 Å². The van der Waals surface area contributed by atoms with Crippen molar-refractivity contribution in [2.45, 2.75) is 26.6 Å². The maximum atomic E-state index is 13.2. The van der Waals surface area contributed by atoms with Gasteiger partial charge in [-0.25, -0.2) is 4.39 Å². The van der Waals surface area contributed by atoms with Crippen LogP contribution in [0, 0.1) is 5.82 Å². The van der Waals surface area contributed by atoms with Crippen LogP contribution in [-0.2, 0) is 11.3 Å². The summed E-state index contributed by atoms with van der Waals surface area (Å²) >= 11 is 0. The summed E-state index contributed by atoms with van der Waals surface area (Å²) in [6.07, 6.45) is 0.00658. The standard InChI is InChI=1S/C10H14BFO3/c1-7(2)15-6-8-5-9(11(13)14)3-4-10(8)12/h3-5,7,13-14H,6H2,1-2H3. The monoisotopic (exact) mass is 212 g/mol. The second-order valence-corrected chi connectivity index (χ2v) is 3.58. The molecule has 0 saturated heterocycles. The molecule has 0 radical (unpaired) electrons. The Morgan fingerprint density at radius 1 is 1.40 bits per heavy atom. The second kappa shape index (κ2) is 5.25. The van der Waals surface area contributed by atoms with Crippen LogP contribution in [-0.4, -0.2) is 23.3 Å². The molecule has 1 aromatic carbocycles. The molecule has 1 aromatic rings. The van der Waals surface area contributed by atoms with Gasteiger partial charge in [-0.15, -0.1) is 0 Å². The summed E-state index contributed by atoms with van der Waals surface area (Å²) in [6.45, 7) is 3.83. The van der Waals surface area contributed by atoms with Gasteiger partial charge in [0.15, 0.2) is 0 Å². The third-order valence-corrected chi connectivity index (χ3v) is 1.94. The van der Waals surface area contributed by atoms with Crippen LogP contribution in [0.5, 0.6) is 0 Å². The average Bonchev–Trinajstić information content (AvgIpc) is 2.16. The molecule has 0 atom stereocenters. The molecule has 0 aliphatic rings. The van der Waals surface area contributed by atoms with E-state index < -0.39 is 12.9 Å². The minimum atomic E-state index is -1.58. The van der Waals surface area contributed by atoms with Crippen molar-refractivity contribution in [1.82, 2.24) is 0 Å². The van der Waals surface area contributed by atoms with Crippen LogP contribution in [0.2, 0.25) is 0 Å². The highest BCUT2D eigenvalue weighted by atomic mass is 19.1. The number of benzene rings is 1. The zero-order valence-electron chi connectivity index (χ0n) is 8.77. The fourth-order valence-electron chi connectivity index (χ4n) is 1.12. The van der Waals surface area contributed by atoms with Crippen molar-refractivity contribution < 1.29 is 19.2 Å². The molecule has 3 nitrogen and oxygen atoms in total. The second-order valence-electron chi connectivity index (χ2n) is 3.58. The maximum absolute atomic E-state index is 13.2. The van der Waals surface area contributed by atoms with E-state index in [4.69, 9.17) is 14.8 Å².